The van der Waals surface area contributed by atoms with Gasteiger partial charge in [-0.05, 0) is 45.4 Å². The van der Waals surface area contributed by atoms with E-state index in [2.05, 4.69) is 4.98 Å². The van der Waals surface area contributed by atoms with Crippen LogP contribution in [0.25, 0.3) is 0 Å². The van der Waals surface area contributed by atoms with Crippen molar-refractivity contribution in [1.82, 2.24) is 4.98 Å². The molecule has 0 amide bonds. The molecule has 0 radical (unpaired) electrons. The van der Waals surface area contributed by atoms with Gasteiger partial charge in [-0.15, -0.1) is 0 Å². The van der Waals surface area contributed by atoms with E-state index in [9.17, 15) is 0 Å². The SMILES string of the molecule is Cc1cc(OC2CCC(CO)CC2)cc(C)n1. The molecule has 0 spiro atoms. The first kappa shape index (κ1) is 12.4. The summed E-state index contributed by atoms with van der Waals surface area (Å²) in [5.41, 5.74) is 2.01. The number of nitrogens with zero attached hydrogens (tertiary/aromatic N) is 1. The van der Waals surface area contributed by atoms with Gasteiger partial charge in [0.1, 0.15) is 5.75 Å². The molecule has 0 aromatic carbocycles. The fraction of sp³-hybridized carbons (Fsp3) is 0.643. The zero-order valence-corrected chi connectivity index (χ0v) is 10.6. The molecule has 1 saturated carbocycles. The van der Waals surface area contributed by atoms with Crippen LogP contribution in [0.15, 0.2) is 12.1 Å². The van der Waals surface area contributed by atoms with Gasteiger partial charge >= 0.3 is 0 Å². The van der Waals surface area contributed by atoms with E-state index in [0.29, 0.717) is 18.6 Å². The van der Waals surface area contributed by atoms with E-state index < -0.39 is 0 Å². The molecule has 2 rings (SSSR count). The van der Waals surface area contributed by atoms with Crippen LogP contribution in [0.3, 0.4) is 0 Å². The Balaban J connectivity index is 1.93. The van der Waals surface area contributed by atoms with Crippen LogP contribution in [0.5, 0.6) is 5.75 Å². The fourth-order valence-corrected chi connectivity index (χ4v) is 2.49. The Morgan fingerprint density at radius 1 is 1.18 bits per heavy atom. The first-order chi connectivity index (χ1) is 8.17. The molecule has 3 nitrogen and oxygen atoms in total. The summed E-state index contributed by atoms with van der Waals surface area (Å²) < 4.78 is 5.99. The number of aryl methyl sites for hydroxylation is 2. The van der Waals surface area contributed by atoms with Crippen LogP contribution >= 0.6 is 0 Å². The van der Waals surface area contributed by atoms with Crippen molar-refractivity contribution in [2.75, 3.05) is 6.61 Å². The molecule has 17 heavy (non-hydrogen) atoms. The molecule has 1 aliphatic rings. The van der Waals surface area contributed by atoms with Gasteiger partial charge in [0.15, 0.2) is 0 Å². The molecule has 0 atom stereocenters. The second-order valence-electron chi connectivity index (χ2n) is 5.03. The quantitative estimate of drug-likeness (QED) is 0.875. The summed E-state index contributed by atoms with van der Waals surface area (Å²) >= 11 is 0. The maximum absolute atomic E-state index is 9.09. The summed E-state index contributed by atoms with van der Waals surface area (Å²) in [4.78, 5) is 4.34. The van der Waals surface area contributed by atoms with Gasteiger partial charge in [0, 0.05) is 30.1 Å². The minimum atomic E-state index is 0.305. The highest BCUT2D eigenvalue weighted by Gasteiger charge is 2.21. The number of hydrogen-bond acceptors (Lipinski definition) is 3. The van der Waals surface area contributed by atoms with Gasteiger partial charge in [-0.1, -0.05) is 0 Å². The molecule has 0 saturated heterocycles. The predicted molar refractivity (Wildman–Crippen MR) is 67.2 cm³/mol. The zero-order chi connectivity index (χ0) is 12.3. The van der Waals surface area contributed by atoms with Crippen molar-refractivity contribution in [3.63, 3.8) is 0 Å². The number of ether oxygens (including phenoxy) is 1. The average Bonchev–Trinajstić information content (AvgIpc) is 2.28. The topological polar surface area (TPSA) is 42.4 Å². The van der Waals surface area contributed by atoms with Gasteiger partial charge in [-0.3, -0.25) is 4.98 Å². The Morgan fingerprint density at radius 3 is 2.29 bits per heavy atom. The highest BCUT2D eigenvalue weighted by molar-refractivity contribution is 5.26. The average molecular weight is 235 g/mol. The van der Waals surface area contributed by atoms with Crippen molar-refractivity contribution >= 4 is 0 Å². The number of pyridine rings is 1. The third-order valence-corrected chi connectivity index (χ3v) is 3.41. The van der Waals surface area contributed by atoms with Gasteiger partial charge in [-0.25, -0.2) is 0 Å². The van der Waals surface area contributed by atoms with E-state index in [1.54, 1.807) is 0 Å². The van der Waals surface area contributed by atoms with Crippen molar-refractivity contribution in [2.45, 2.75) is 45.6 Å². The van der Waals surface area contributed by atoms with E-state index in [1.807, 2.05) is 26.0 Å². The van der Waals surface area contributed by atoms with Crippen LogP contribution in [-0.2, 0) is 0 Å². The smallest absolute Gasteiger partial charge is 0.123 e. The number of rotatable bonds is 3. The minimum Gasteiger partial charge on any atom is -0.490 e. The molecule has 0 unspecified atom stereocenters. The second kappa shape index (κ2) is 5.50. The van der Waals surface area contributed by atoms with Crippen LogP contribution in [0.1, 0.15) is 37.1 Å². The summed E-state index contributed by atoms with van der Waals surface area (Å²) in [6, 6.07) is 3.98. The van der Waals surface area contributed by atoms with E-state index in [1.165, 1.54) is 0 Å². The van der Waals surface area contributed by atoms with Crippen molar-refractivity contribution in [3.8, 4) is 5.75 Å². The molecule has 1 aliphatic carbocycles. The standard InChI is InChI=1S/C14H21NO2/c1-10-7-14(8-11(2)15-10)17-13-5-3-12(9-16)4-6-13/h7-8,12-13,16H,3-6,9H2,1-2H3. The van der Waals surface area contributed by atoms with Gasteiger partial charge in [0.25, 0.3) is 0 Å². The Morgan fingerprint density at radius 2 is 1.76 bits per heavy atom. The van der Waals surface area contributed by atoms with Crippen molar-refractivity contribution < 1.29 is 9.84 Å². The summed E-state index contributed by atoms with van der Waals surface area (Å²) in [7, 11) is 0. The van der Waals surface area contributed by atoms with Crippen molar-refractivity contribution in [3.05, 3.63) is 23.5 Å². The first-order valence-electron chi connectivity index (χ1n) is 6.40. The number of hydrogen-bond donors (Lipinski definition) is 1. The van der Waals surface area contributed by atoms with Gasteiger partial charge in [0.2, 0.25) is 0 Å². The summed E-state index contributed by atoms with van der Waals surface area (Å²) in [6.45, 7) is 4.30. The van der Waals surface area contributed by atoms with Crippen LogP contribution in [0.2, 0.25) is 0 Å². The molecule has 1 N–H and O–H groups in total. The third-order valence-electron chi connectivity index (χ3n) is 3.41. The lowest BCUT2D eigenvalue weighted by Gasteiger charge is -2.28. The molecule has 94 valence electrons. The van der Waals surface area contributed by atoms with Crippen LogP contribution in [-0.4, -0.2) is 22.8 Å². The lowest BCUT2D eigenvalue weighted by atomic mass is 9.88. The molecular weight excluding hydrogens is 214 g/mol. The van der Waals surface area contributed by atoms with E-state index in [-0.39, 0.29) is 0 Å². The monoisotopic (exact) mass is 235 g/mol. The Kier molecular flexibility index (Phi) is 4.00. The number of aromatic nitrogens is 1. The Hall–Kier alpha value is -1.09. The molecule has 0 bridgehead atoms. The number of aliphatic hydroxyl groups is 1. The maximum Gasteiger partial charge on any atom is 0.123 e. The van der Waals surface area contributed by atoms with Crippen LogP contribution < -0.4 is 4.74 Å². The van der Waals surface area contributed by atoms with E-state index in [0.717, 1.165) is 42.8 Å². The zero-order valence-electron chi connectivity index (χ0n) is 10.6. The summed E-state index contributed by atoms with van der Waals surface area (Å²) in [6.07, 6.45) is 4.55. The normalized spacial score (nSPS) is 24.6. The molecule has 0 aliphatic heterocycles. The highest BCUT2D eigenvalue weighted by atomic mass is 16.5. The Bertz CT molecular complexity index is 350. The lowest BCUT2D eigenvalue weighted by Crippen LogP contribution is -2.25. The van der Waals surface area contributed by atoms with E-state index in [4.69, 9.17) is 9.84 Å². The lowest BCUT2D eigenvalue weighted by molar-refractivity contribution is 0.104. The molecule has 1 heterocycles. The molecular formula is C14H21NO2. The van der Waals surface area contributed by atoms with Gasteiger partial charge < -0.3 is 9.84 Å². The largest absolute Gasteiger partial charge is 0.490 e. The Labute approximate surface area is 103 Å². The molecule has 1 aromatic heterocycles. The fourth-order valence-electron chi connectivity index (χ4n) is 2.49. The highest BCUT2D eigenvalue weighted by Crippen LogP contribution is 2.27. The second-order valence-corrected chi connectivity index (χ2v) is 5.03. The van der Waals surface area contributed by atoms with Crippen LogP contribution in [0.4, 0.5) is 0 Å². The third kappa shape index (κ3) is 3.43. The van der Waals surface area contributed by atoms with E-state index >= 15 is 0 Å². The van der Waals surface area contributed by atoms with Crippen molar-refractivity contribution in [2.24, 2.45) is 5.92 Å². The minimum absolute atomic E-state index is 0.305. The molecule has 3 heteroatoms. The maximum atomic E-state index is 9.09. The van der Waals surface area contributed by atoms with Crippen molar-refractivity contribution in [1.29, 1.82) is 0 Å². The van der Waals surface area contributed by atoms with Crippen LogP contribution in [0, 0.1) is 19.8 Å². The molecule has 1 fully saturated rings. The summed E-state index contributed by atoms with van der Waals surface area (Å²) in [5, 5.41) is 9.09. The predicted octanol–water partition coefficient (Wildman–Crippen LogP) is 2.63. The molecule has 1 aromatic rings. The summed E-state index contributed by atoms with van der Waals surface area (Å²) in [5.74, 6) is 1.42. The first-order valence-corrected chi connectivity index (χ1v) is 6.40. The number of aliphatic hydroxyl groups excluding tert-OH is 1. The van der Waals surface area contributed by atoms with Gasteiger partial charge in [-0.2, -0.15) is 0 Å². The van der Waals surface area contributed by atoms with Gasteiger partial charge in [0.05, 0.1) is 6.10 Å².